The highest BCUT2D eigenvalue weighted by molar-refractivity contribution is 7.91. The summed E-state index contributed by atoms with van der Waals surface area (Å²) < 4.78 is 124. The van der Waals surface area contributed by atoms with Crippen molar-refractivity contribution in [2.24, 2.45) is 0 Å². The van der Waals surface area contributed by atoms with Gasteiger partial charge in [-0.2, -0.15) is 26.3 Å². The van der Waals surface area contributed by atoms with Crippen LogP contribution < -0.4 is 9.47 Å². The Morgan fingerprint density at radius 1 is 0.545 bits per heavy atom. The standard InChI is InChI=1S/C33H30F6O4S/c1-21(2)23-5-17-29(18-6-23)44(40,41)30-19-15-28(16-20-30)43-27-13-9-25(10-14-27)31(32(34,35)36,33(37,38)39)24-7-11-26(12-8-24)42-22(3)4/h5-22H,1-4H3. The lowest BCUT2D eigenvalue weighted by Crippen LogP contribution is -2.54. The largest absolute Gasteiger partial charge is 0.491 e. The number of hydrogen-bond acceptors (Lipinski definition) is 4. The maximum Gasteiger partial charge on any atom is 0.411 e. The van der Waals surface area contributed by atoms with Crippen LogP contribution in [0.3, 0.4) is 0 Å². The van der Waals surface area contributed by atoms with Gasteiger partial charge >= 0.3 is 12.4 Å². The van der Waals surface area contributed by atoms with Gasteiger partial charge in [-0.3, -0.25) is 0 Å². The fourth-order valence-electron chi connectivity index (χ4n) is 4.80. The van der Waals surface area contributed by atoms with Gasteiger partial charge in [0, 0.05) is 0 Å². The van der Waals surface area contributed by atoms with Crippen LogP contribution in [-0.2, 0) is 15.3 Å². The molecule has 0 spiro atoms. The first-order valence-electron chi connectivity index (χ1n) is 13.6. The average Bonchev–Trinajstić information content (AvgIpc) is 2.94. The van der Waals surface area contributed by atoms with Crippen molar-refractivity contribution in [1.82, 2.24) is 0 Å². The molecular weight excluding hydrogens is 606 g/mol. The Kier molecular flexibility index (Phi) is 9.11. The fourth-order valence-corrected chi connectivity index (χ4v) is 6.06. The first-order chi connectivity index (χ1) is 20.5. The number of alkyl halides is 6. The van der Waals surface area contributed by atoms with E-state index < -0.39 is 38.7 Å². The van der Waals surface area contributed by atoms with Crippen molar-refractivity contribution in [1.29, 1.82) is 0 Å². The molecule has 0 heterocycles. The molecule has 0 fully saturated rings. The van der Waals surface area contributed by atoms with Gasteiger partial charge in [0.2, 0.25) is 15.3 Å². The molecule has 0 aliphatic rings. The zero-order valence-corrected chi connectivity index (χ0v) is 25.0. The predicted molar refractivity (Wildman–Crippen MR) is 154 cm³/mol. The minimum Gasteiger partial charge on any atom is -0.491 e. The van der Waals surface area contributed by atoms with Gasteiger partial charge in [0.15, 0.2) is 0 Å². The Hall–Kier alpha value is -3.99. The Morgan fingerprint density at radius 3 is 1.27 bits per heavy atom. The highest BCUT2D eigenvalue weighted by Gasteiger charge is 2.72. The zero-order chi connectivity index (χ0) is 32.5. The Balaban J connectivity index is 1.62. The summed E-state index contributed by atoms with van der Waals surface area (Å²) in [6.45, 7) is 7.33. The normalized spacial score (nSPS) is 12.9. The number of halogens is 6. The molecule has 0 amide bonds. The minimum absolute atomic E-state index is 0.0116. The zero-order valence-electron chi connectivity index (χ0n) is 24.2. The highest BCUT2D eigenvalue weighted by Crippen LogP contribution is 2.56. The summed E-state index contributed by atoms with van der Waals surface area (Å²) in [6, 6.07) is 18.9. The second-order valence-corrected chi connectivity index (χ2v) is 12.7. The van der Waals surface area contributed by atoms with E-state index in [1.165, 1.54) is 36.4 Å². The molecule has 0 unspecified atom stereocenters. The average molecular weight is 637 g/mol. The van der Waals surface area contributed by atoms with Crippen LogP contribution in [0, 0.1) is 0 Å². The molecule has 4 nitrogen and oxygen atoms in total. The fraction of sp³-hybridized carbons (Fsp3) is 0.273. The molecule has 44 heavy (non-hydrogen) atoms. The van der Waals surface area contributed by atoms with Crippen LogP contribution >= 0.6 is 0 Å². The van der Waals surface area contributed by atoms with Crippen molar-refractivity contribution in [3.8, 4) is 17.2 Å². The van der Waals surface area contributed by atoms with Crippen LogP contribution in [0.2, 0.25) is 0 Å². The third-order valence-corrected chi connectivity index (χ3v) is 8.81. The summed E-state index contributed by atoms with van der Waals surface area (Å²) >= 11 is 0. The summed E-state index contributed by atoms with van der Waals surface area (Å²) in [6.07, 6.45) is -11.8. The Morgan fingerprint density at radius 2 is 0.909 bits per heavy atom. The van der Waals surface area contributed by atoms with E-state index in [0.717, 1.165) is 42.0 Å². The molecule has 0 aliphatic carbocycles. The van der Waals surface area contributed by atoms with Crippen molar-refractivity contribution in [2.45, 2.75) is 67.3 Å². The number of ether oxygens (including phenoxy) is 2. The molecule has 4 rings (SSSR count). The van der Waals surface area contributed by atoms with Crippen LogP contribution in [0.1, 0.15) is 50.3 Å². The second-order valence-electron chi connectivity index (χ2n) is 10.8. The highest BCUT2D eigenvalue weighted by atomic mass is 32.2. The molecule has 0 saturated carbocycles. The van der Waals surface area contributed by atoms with E-state index in [2.05, 4.69) is 0 Å². The summed E-state index contributed by atoms with van der Waals surface area (Å²) in [5.41, 5.74) is -5.40. The minimum atomic E-state index is -5.75. The van der Waals surface area contributed by atoms with Crippen LogP contribution in [0.15, 0.2) is 107 Å². The number of sulfone groups is 1. The van der Waals surface area contributed by atoms with Crippen molar-refractivity contribution < 1.29 is 44.2 Å². The van der Waals surface area contributed by atoms with Gasteiger partial charge < -0.3 is 9.47 Å². The SMILES string of the molecule is CC(C)Oc1ccc(C(c2ccc(Oc3ccc(S(=O)(=O)c4ccc(C(C)C)cc4)cc3)cc2)(C(F)(F)F)C(F)(F)F)cc1. The molecule has 234 valence electrons. The van der Waals surface area contributed by atoms with Gasteiger partial charge in [0.05, 0.1) is 15.9 Å². The molecular formula is C33H30F6O4S. The predicted octanol–water partition coefficient (Wildman–Crippen LogP) is 9.63. The van der Waals surface area contributed by atoms with Gasteiger partial charge in [-0.1, -0.05) is 50.2 Å². The second kappa shape index (κ2) is 12.2. The van der Waals surface area contributed by atoms with Gasteiger partial charge in [-0.25, -0.2) is 8.42 Å². The maximum atomic E-state index is 14.5. The van der Waals surface area contributed by atoms with Crippen molar-refractivity contribution >= 4 is 9.84 Å². The third kappa shape index (κ3) is 6.43. The van der Waals surface area contributed by atoms with Gasteiger partial charge in [0.1, 0.15) is 17.2 Å². The smallest absolute Gasteiger partial charge is 0.411 e. The van der Waals surface area contributed by atoms with E-state index >= 15 is 0 Å². The molecule has 4 aromatic carbocycles. The summed E-state index contributed by atoms with van der Waals surface area (Å²) in [7, 11) is -3.83. The quantitative estimate of drug-likeness (QED) is 0.172. The van der Waals surface area contributed by atoms with Crippen LogP contribution in [0.25, 0.3) is 0 Å². The number of rotatable bonds is 9. The summed E-state index contributed by atoms with van der Waals surface area (Å²) in [5.74, 6) is 0.443. The maximum absolute atomic E-state index is 14.5. The van der Waals surface area contributed by atoms with Crippen LogP contribution in [0.4, 0.5) is 26.3 Å². The van der Waals surface area contributed by atoms with Crippen molar-refractivity contribution in [3.05, 3.63) is 114 Å². The molecule has 11 heteroatoms. The molecule has 0 aliphatic heterocycles. The lowest BCUT2D eigenvalue weighted by Gasteiger charge is -2.38. The molecule has 4 aromatic rings. The Bertz CT molecular complexity index is 1640. The topological polar surface area (TPSA) is 52.6 Å². The summed E-state index contributed by atoms with van der Waals surface area (Å²) in [4.78, 5) is 0.0912. The van der Waals surface area contributed by atoms with Crippen molar-refractivity contribution in [3.63, 3.8) is 0 Å². The summed E-state index contributed by atoms with van der Waals surface area (Å²) in [5, 5.41) is 0. The van der Waals surface area contributed by atoms with Gasteiger partial charge in [-0.15, -0.1) is 0 Å². The first-order valence-corrected chi connectivity index (χ1v) is 15.1. The first kappa shape index (κ1) is 32.9. The van der Waals surface area contributed by atoms with E-state index in [1.807, 2.05) is 13.8 Å². The molecule has 0 radical (unpaired) electrons. The number of benzene rings is 4. The molecule has 0 aromatic heterocycles. The molecule has 0 atom stereocenters. The van der Waals surface area contributed by atoms with Crippen LogP contribution in [-0.4, -0.2) is 26.9 Å². The Labute approximate surface area is 252 Å². The lowest BCUT2D eigenvalue weighted by atomic mass is 9.73. The van der Waals surface area contributed by atoms with E-state index in [9.17, 15) is 34.8 Å². The molecule has 0 N–H and O–H groups in total. The van der Waals surface area contributed by atoms with Crippen LogP contribution in [0.5, 0.6) is 17.2 Å². The number of hydrogen-bond donors (Lipinski definition) is 0. The lowest BCUT2D eigenvalue weighted by molar-refractivity contribution is -0.288. The molecule has 0 bridgehead atoms. The van der Waals surface area contributed by atoms with E-state index in [-0.39, 0.29) is 39.1 Å². The van der Waals surface area contributed by atoms with E-state index in [1.54, 1.807) is 26.0 Å². The van der Waals surface area contributed by atoms with E-state index in [0.29, 0.717) is 12.1 Å². The van der Waals surface area contributed by atoms with Crippen molar-refractivity contribution in [2.75, 3.05) is 0 Å². The monoisotopic (exact) mass is 636 g/mol. The molecule has 0 saturated heterocycles. The van der Waals surface area contributed by atoms with E-state index in [4.69, 9.17) is 9.47 Å². The van der Waals surface area contributed by atoms with Gasteiger partial charge in [-0.05, 0) is 97.1 Å². The van der Waals surface area contributed by atoms with Gasteiger partial charge in [0.25, 0.3) is 0 Å². The third-order valence-electron chi connectivity index (χ3n) is 7.02.